The number of carbonyl (C=O) groups excluding carboxylic acids is 1. The number of hydrogen-bond acceptors (Lipinski definition) is 5. The quantitative estimate of drug-likeness (QED) is 0.546. The number of benzene rings is 2. The van der Waals surface area contributed by atoms with Crippen molar-refractivity contribution >= 4 is 16.9 Å². The van der Waals surface area contributed by atoms with Crippen molar-refractivity contribution in [3.8, 4) is 11.5 Å². The minimum absolute atomic E-state index is 0.177. The second kappa shape index (κ2) is 6.36. The second-order valence-electron chi connectivity index (χ2n) is 4.77. The second-order valence-corrected chi connectivity index (χ2v) is 4.77. The van der Waals surface area contributed by atoms with Crippen molar-refractivity contribution in [3.63, 3.8) is 0 Å². The maximum Gasteiger partial charge on any atom is 0.343 e. The van der Waals surface area contributed by atoms with Crippen LogP contribution >= 0.6 is 0 Å². The maximum atomic E-state index is 12.2. The summed E-state index contributed by atoms with van der Waals surface area (Å²) in [4.78, 5) is 23.8. The van der Waals surface area contributed by atoms with Gasteiger partial charge in [0.15, 0.2) is 0 Å². The van der Waals surface area contributed by atoms with Gasteiger partial charge < -0.3 is 13.9 Å². The maximum absolute atomic E-state index is 12.2. The molecule has 5 nitrogen and oxygen atoms in total. The van der Waals surface area contributed by atoms with Gasteiger partial charge in [-0.3, -0.25) is 0 Å². The highest BCUT2D eigenvalue weighted by Gasteiger charge is 2.13. The van der Waals surface area contributed by atoms with Crippen LogP contribution in [0, 0.1) is 0 Å². The molecule has 3 aromatic rings. The van der Waals surface area contributed by atoms with Crippen molar-refractivity contribution in [2.45, 2.75) is 6.92 Å². The highest BCUT2D eigenvalue weighted by molar-refractivity contribution is 5.94. The molecule has 0 fully saturated rings. The molecule has 0 spiro atoms. The van der Waals surface area contributed by atoms with Crippen molar-refractivity contribution in [2.24, 2.45) is 0 Å². The molecule has 1 heterocycles. The third-order valence-electron chi connectivity index (χ3n) is 3.22. The molecule has 0 aliphatic heterocycles. The number of hydrogen-bond donors (Lipinski definition) is 0. The monoisotopic (exact) mass is 310 g/mol. The van der Waals surface area contributed by atoms with Crippen LogP contribution in [0.15, 0.2) is 63.8 Å². The number of rotatable bonds is 4. The molecule has 0 saturated heterocycles. The molecule has 1 aromatic heterocycles. The van der Waals surface area contributed by atoms with E-state index in [0.717, 1.165) is 6.07 Å². The van der Waals surface area contributed by atoms with Gasteiger partial charge in [0.1, 0.15) is 17.1 Å². The Hall–Kier alpha value is -3.08. The van der Waals surface area contributed by atoms with Gasteiger partial charge in [-0.15, -0.1) is 0 Å². The number of fused-ring (bicyclic) bond motifs is 1. The first-order valence-electron chi connectivity index (χ1n) is 7.15. The van der Waals surface area contributed by atoms with Gasteiger partial charge in [0.05, 0.1) is 23.6 Å². The zero-order chi connectivity index (χ0) is 16.2. The normalized spacial score (nSPS) is 10.5. The van der Waals surface area contributed by atoms with Gasteiger partial charge in [0.2, 0.25) is 0 Å². The number of ether oxygens (including phenoxy) is 2. The van der Waals surface area contributed by atoms with Crippen LogP contribution in [0.1, 0.15) is 17.3 Å². The van der Waals surface area contributed by atoms with Gasteiger partial charge in [0, 0.05) is 0 Å². The van der Waals surface area contributed by atoms with E-state index in [2.05, 4.69) is 0 Å². The van der Waals surface area contributed by atoms with E-state index in [4.69, 9.17) is 13.9 Å². The van der Waals surface area contributed by atoms with Crippen molar-refractivity contribution in [3.05, 3.63) is 70.6 Å². The van der Waals surface area contributed by atoms with Crippen LogP contribution in [-0.4, -0.2) is 12.6 Å². The lowest BCUT2D eigenvalue weighted by molar-refractivity contribution is 0.0736. The van der Waals surface area contributed by atoms with Crippen LogP contribution in [0.3, 0.4) is 0 Å². The largest absolute Gasteiger partial charge is 0.494 e. The Morgan fingerprint density at radius 2 is 1.83 bits per heavy atom. The molecule has 0 N–H and O–H groups in total. The van der Waals surface area contributed by atoms with Crippen molar-refractivity contribution < 1.29 is 18.7 Å². The Morgan fingerprint density at radius 1 is 1.09 bits per heavy atom. The third kappa shape index (κ3) is 3.23. The molecule has 3 rings (SSSR count). The number of esters is 1. The zero-order valence-corrected chi connectivity index (χ0v) is 12.4. The molecule has 0 bridgehead atoms. The van der Waals surface area contributed by atoms with Gasteiger partial charge in [-0.2, -0.15) is 0 Å². The number of carbonyl (C=O) groups is 1. The third-order valence-corrected chi connectivity index (χ3v) is 3.22. The first kappa shape index (κ1) is 14.8. The summed E-state index contributed by atoms with van der Waals surface area (Å²) in [6.07, 6.45) is 0. The Bertz CT molecular complexity index is 893. The van der Waals surface area contributed by atoms with E-state index in [0.29, 0.717) is 28.9 Å². The van der Waals surface area contributed by atoms with Gasteiger partial charge in [-0.1, -0.05) is 12.1 Å². The smallest absolute Gasteiger partial charge is 0.343 e. The van der Waals surface area contributed by atoms with Gasteiger partial charge >= 0.3 is 11.6 Å². The summed E-state index contributed by atoms with van der Waals surface area (Å²) in [5.74, 6) is 0.300. The summed E-state index contributed by atoms with van der Waals surface area (Å²) in [5, 5.41) is 0.561. The molecule has 0 unspecified atom stereocenters. The summed E-state index contributed by atoms with van der Waals surface area (Å²) in [6.45, 7) is 2.43. The fraction of sp³-hybridized carbons (Fsp3) is 0.111. The molecule has 5 heteroatoms. The van der Waals surface area contributed by atoms with Gasteiger partial charge in [-0.05, 0) is 43.3 Å². The summed E-state index contributed by atoms with van der Waals surface area (Å²) < 4.78 is 15.7. The molecule has 0 aliphatic rings. The first-order chi connectivity index (χ1) is 11.2. The summed E-state index contributed by atoms with van der Waals surface area (Å²) in [5.41, 5.74) is 0.165. The van der Waals surface area contributed by atoms with Crippen LogP contribution in [0.25, 0.3) is 11.0 Å². The Balaban J connectivity index is 1.89. The van der Waals surface area contributed by atoms with Crippen LogP contribution in [0.2, 0.25) is 0 Å². The van der Waals surface area contributed by atoms with E-state index >= 15 is 0 Å². The molecule has 116 valence electrons. The number of para-hydroxylation sites is 1. The average molecular weight is 310 g/mol. The van der Waals surface area contributed by atoms with E-state index in [1.165, 1.54) is 0 Å². The molecule has 2 aromatic carbocycles. The topological polar surface area (TPSA) is 65.7 Å². The SMILES string of the molecule is CCOc1ccc(C(=O)Oc2cc(=O)oc3ccccc23)cc1. The fourth-order valence-electron chi connectivity index (χ4n) is 2.18. The fourth-order valence-corrected chi connectivity index (χ4v) is 2.18. The van der Waals surface area contributed by atoms with E-state index in [-0.39, 0.29) is 5.75 Å². The first-order valence-corrected chi connectivity index (χ1v) is 7.15. The molecule has 0 atom stereocenters. The molecule has 0 saturated carbocycles. The van der Waals surface area contributed by atoms with Crippen molar-refractivity contribution in [1.82, 2.24) is 0 Å². The Labute approximate surface area is 132 Å². The lowest BCUT2D eigenvalue weighted by atomic mass is 10.2. The van der Waals surface area contributed by atoms with E-state index < -0.39 is 11.6 Å². The Kier molecular flexibility index (Phi) is 4.10. The van der Waals surface area contributed by atoms with E-state index in [1.54, 1.807) is 48.5 Å². The molecular formula is C18H14O5. The zero-order valence-electron chi connectivity index (χ0n) is 12.4. The van der Waals surface area contributed by atoms with Gasteiger partial charge in [0.25, 0.3) is 0 Å². The minimum Gasteiger partial charge on any atom is -0.494 e. The lowest BCUT2D eigenvalue weighted by Gasteiger charge is -2.07. The average Bonchev–Trinajstić information content (AvgIpc) is 2.55. The van der Waals surface area contributed by atoms with Crippen molar-refractivity contribution in [1.29, 1.82) is 0 Å². The Morgan fingerprint density at radius 3 is 2.57 bits per heavy atom. The van der Waals surface area contributed by atoms with Crippen LogP contribution < -0.4 is 15.1 Å². The summed E-state index contributed by atoms with van der Waals surface area (Å²) >= 11 is 0. The predicted octanol–water partition coefficient (Wildman–Crippen LogP) is 3.41. The highest BCUT2D eigenvalue weighted by atomic mass is 16.5. The molecule has 23 heavy (non-hydrogen) atoms. The molecule has 0 amide bonds. The highest BCUT2D eigenvalue weighted by Crippen LogP contribution is 2.24. The molecular weight excluding hydrogens is 296 g/mol. The van der Waals surface area contributed by atoms with Crippen LogP contribution in [0.4, 0.5) is 0 Å². The van der Waals surface area contributed by atoms with Crippen LogP contribution in [0.5, 0.6) is 11.5 Å². The standard InChI is InChI=1S/C18H14O5/c1-2-21-13-9-7-12(8-10-13)18(20)23-16-11-17(19)22-15-6-4-3-5-14(15)16/h3-11H,2H2,1H3. The minimum atomic E-state index is -0.571. The van der Waals surface area contributed by atoms with E-state index in [9.17, 15) is 9.59 Å². The summed E-state index contributed by atoms with van der Waals surface area (Å²) in [7, 11) is 0. The predicted molar refractivity (Wildman–Crippen MR) is 85.1 cm³/mol. The van der Waals surface area contributed by atoms with E-state index in [1.807, 2.05) is 6.92 Å². The summed E-state index contributed by atoms with van der Waals surface area (Å²) in [6, 6.07) is 14.6. The molecule has 0 aliphatic carbocycles. The van der Waals surface area contributed by atoms with Gasteiger partial charge in [-0.25, -0.2) is 9.59 Å². The van der Waals surface area contributed by atoms with Crippen molar-refractivity contribution in [2.75, 3.05) is 6.61 Å². The molecule has 0 radical (unpaired) electrons. The van der Waals surface area contributed by atoms with Crippen LogP contribution in [-0.2, 0) is 0 Å². The lowest BCUT2D eigenvalue weighted by Crippen LogP contribution is -2.10.